The number of pyridine rings is 1. The molecule has 0 spiro atoms. The highest BCUT2D eigenvalue weighted by Gasteiger charge is 2.48. The maximum absolute atomic E-state index is 13.6. The maximum atomic E-state index is 13.6. The molecule has 0 aliphatic carbocycles. The van der Waals surface area contributed by atoms with Crippen molar-refractivity contribution in [3.05, 3.63) is 28.5 Å². The number of nitrogens with zero attached hydrogens (tertiary/aromatic N) is 1. The maximum Gasteiger partial charge on any atom is 0.379 e. The Balaban J connectivity index is 2.95. The molecule has 0 unspecified atom stereocenters. The van der Waals surface area contributed by atoms with E-state index in [1.165, 1.54) is 19.1 Å². The lowest BCUT2D eigenvalue weighted by Crippen LogP contribution is -2.42. The van der Waals surface area contributed by atoms with Gasteiger partial charge in [0.2, 0.25) is 0 Å². The number of rotatable bonds is 4. The molecule has 0 radical (unpaired) electrons. The fraction of sp³-hybridized carbons (Fsp3) is 0.400. The minimum Gasteiger partial charge on any atom is -0.462 e. The second-order valence-corrected chi connectivity index (χ2v) is 4.02. The molecule has 0 aliphatic rings. The highest BCUT2D eigenvalue weighted by atomic mass is 79.9. The zero-order valence-corrected chi connectivity index (χ0v) is 10.6. The number of carbonyl (C=O) groups excluding carboxylic acids is 1. The van der Waals surface area contributed by atoms with Crippen LogP contribution in [-0.4, -0.2) is 23.5 Å². The van der Waals surface area contributed by atoms with E-state index in [-0.39, 0.29) is 12.3 Å². The van der Waals surface area contributed by atoms with E-state index >= 15 is 0 Å². The summed E-state index contributed by atoms with van der Waals surface area (Å²) >= 11 is 3.04. The SMILES string of the molecule is CCOC(=O)C(F)(F)[C@H](N)c1cccc(Br)n1. The first-order chi connectivity index (χ1) is 7.89. The number of hydrogen-bond donors (Lipinski definition) is 1. The van der Waals surface area contributed by atoms with Crippen molar-refractivity contribution in [2.24, 2.45) is 5.73 Å². The van der Waals surface area contributed by atoms with Gasteiger partial charge in [-0.3, -0.25) is 0 Å². The molecule has 0 saturated heterocycles. The van der Waals surface area contributed by atoms with Gasteiger partial charge in [0.15, 0.2) is 0 Å². The molecule has 4 nitrogen and oxygen atoms in total. The van der Waals surface area contributed by atoms with E-state index in [2.05, 4.69) is 25.7 Å². The van der Waals surface area contributed by atoms with Crippen LogP contribution in [0.5, 0.6) is 0 Å². The Labute approximate surface area is 105 Å². The lowest BCUT2D eigenvalue weighted by atomic mass is 10.1. The summed E-state index contributed by atoms with van der Waals surface area (Å²) in [6, 6.07) is 2.56. The highest BCUT2D eigenvalue weighted by Crippen LogP contribution is 2.30. The van der Waals surface area contributed by atoms with Crippen LogP contribution in [0.4, 0.5) is 8.78 Å². The van der Waals surface area contributed by atoms with Gasteiger partial charge < -0.3 is 10.5 Å². The zero-order chi connectivity index (χ0) is 13.1. The molecular formula is C10H11BrF2N2O2. The van der Waals surface area contributed by atoms with E-state index in [0.717, 1.165) is 0 Å². The Morgan fingerprint density at radius 3 is 2.82 bits per heavy atom. The van der Waals surface area contributed by atoms with Crippen LogP contribution in [0.15, 0.2) is 22.8 Å². The van der Waals surface area contributed by atoms with Crippen molar-refractivity contribution in [2.75, 3.05) is 6.61 Å². The van der Waals surface area contributed by atoms with E-state index < -0.39 is 17.9 Å². The summed E-state index contributed by atoms with van der Waals surface area (Å²) in [7, 11) is 0. The number of halogens is 3. The van der Waals surface area contributed by atoms with Crippen molar-refractivity contribution in [3.8, 4) is 0 Å². The predicted octanol–water partition coefficient (Wildman–Crippen LogP) is 2.04. The molecule has 1 atom stereocenters. The van der Waals surface area contributed by atoms with E-state index in [4.69, 9.17) is 5.73 Å². The number of nitrogens with two attached hydrogens (primary N) is 1. The molecule has 0 aliphatic heterocycles. The van der Waals surface area contributed by atoms with Crippen molar-refractivity contribution in [2.45, 2.75) is 18.9 Å². The first-order valence-electron chi connectivity index (χ1n) is 4.82. The third-order valence-electron chi connectivity index (χ3n) is 1.99. The fourth-order valence-corrected chi connectivity index (χ4v) is 1.49. The minimum atomic E-state index is -3.80. The molecular weight excluding hydrogens is 298 g/mol. The fourth-order valence-electron chi connectivity index (χ4n) is 1.14. The monoisotopic (exact) mass is 308 g/mol. The van der Waals surface area contributed by atoms with Gasteiger partial charge in [0, 0.05) is 0 Å². The number of esters is 1. The van der Waals surface area contributed by atoms with Crippen LogP contribution >= 0.6 is 15.9 Å². The third kappa shape index (κ3) is 3.19. The summed E-state index contributed by atoms with van der Waals surface area (Å²) in [6.07, 6.45) is 0. The highest BCUT2D eigenvalue weighted by molar-refractivity contribution is 9.10. The Morgan fingerprint density at radius 2 is 2.29 bits per heavy atom. The zero-order valence-electron chi connectivity index (χ0n) is 8.99. The third-order valence-corrected chi connectivity index (χ3v) is 2.44. The van der Waals surface area contributed by atoms with Crippen LogP contribution < -0.4 is 5.73 Å². The van der Waals surface area contributed by atoms with Crippen LogP contribution in [0, 0.1) is 0 Å². The standard InChI is InChI=1S/C10H11BrF2N2O2/c1-2-17-9(16)10(12,13)8(14)6-4-3-5-7(11)15-6/h3-5,8H,2,14H2,1H3/t8-/m1/s1. The number of aromatic nitrogens is 1. The van der Waals surface area contributed by atoms with Crippen LogP contribution in [-0.2, 0) is 9.53 Å². The molecule has 2 N–H and O–H groups in total. The first kappa shape index (κ1) is 14.0. The molecule has 0 bridgehead atoms. The Kier molecular flexibility index (Phi) is 4.53. The van der Waals surface area contributed by atoms with Crippen molar-refractivity contribution < 1.29 is 18.3 Å². The van der Waals surface area contributed by atoms with Gasteiger partial charge in [-0.2, -0.15) is 8.78 Å². The smallest absolute Gasteiger partial charge is 0.379 e. The molecule has 0 saturated carbocycles. The first-order valence-corrected chi connectivity index (χ1v) is 5.62. The lowest BCUT2D eigenvalue weighted by molar-refractivity contribution is -0.175. The van der Waals surface area contributed by atoms with E-state index in [9.17, 15) is 13.6 Å². The van der Waals surface area contributed by atoms with Gasteiger partial charge in [0.05, 0.1) is 12.3 Å². The molecule has 1 rings (SSSR count). The molecule has 1 aromatic rings. The average Bonchev–Trinajstić information content (AvgIpc) is 2.28. The van der Waals surface area contributed by atoms with Gasteiger partial charge in [0.25, 0.3) is 0 Å². The van der Waals surface area contributed by atoms with Crippen molar-refractivity contribution in [1.29, 1.82) is 0 Å². The summed E-state index contributed by atoms with van der Waals surface area (Å²) in [5.41, 5.74) is 5.25. The quantitative estimate of drug-likeness (QED) is 0.683. The van der Waals surface area contributed by atoms with Crippen LogP contribution in [0.2, 0.25) is 0 Å². The summed E-state index contributed by atoms with van der Waals surface area (Å²) in [4.78, 5) is 14.9. The minimum absolute atomic E-state index is 0.0857. The number of ether oxygens (including phenoxy) is 1. The number of hydrogen-bond acceptors (Lipinski definition) is 4. The summed E-state index contributed by atoms with van der Waals surface area (Å²) in [6.45, 7) is 1.31. The lowest BCUT2D eigenvalue weighted by Gasteiger charge is -2.21. The normalized spacial score (nSPS) is 13.2. The van der Waals surface area contributed by atoms with Crippen molar-refractivity contribution >= 4 is 21.9 Å². The van der Waals surface area contributed by atoms with Crippen LogP contribution in [0.25, 0.3) is 0 Å². The molecule has 1 heterocycles. The van der Waals surface area contributed by atoms with Gasteiger partial charge in [-0.15, -0.1) is 0 Å². The molecule has 0 aromatic carbocycles. The Bertz CT molecular complexity index is 415. The summed E-state index contributed by atoms with van der Waals surface area (Å²) in [5.74, 6) is -5.45. The topological polar surface area (TPSA) is 65.2 Å². The van der Waals surface area contributed by atoms with E-state index in [1.807, 2.05) is 0 Å². The molecule has 0 fully saturated rings. The van der Waals surface area contributed by atoms with Crippen LogP contribution in [0.3, 0.4) is 0 Å². The summed E-state index contributed by atoms with van der Waals surface area (Å²) < 4.78 is 31.8. The Morgan fingerprint density at radius 1 is 1.65 bits per heavy atom. The molecule has 0 amide bonds. The number of alkyl halides is 2. The second kappa shape index (κ2) is 5.50. The molecule has 94 valence electrons. The second-order valence-electron chi connectivity index (χ2n) is 3.21. The van der Waals surface area contributed by atoms with Crippen molar-refractivity contribution in [1.82, 2.24) is 4.98 Å². The van der Waals surface area contributed by atoms with Gasteiger partial charge in [-0.25, -0.2) is 9.78 Å². The van der Waals surface area contributed by atoms with Gasteiger partial charge >= 0.3 is 11.9 Å². The molecule has 1 aromatic heterocycles. The van der Waals surface area contributed by atoms with Crippen LogP contribution in [0.1, 0.15) is 18.7 Å². The van der Waals surface area contributed by atoms with Gasteiger partial charge in [-0.05, 0) is 35.0 Å². The molecule has 7 heteroatoms. The van der Waals surface area contributed by atoms with Gasteiger partial charge in [0.1, 0.15) is 10.6 Å². The average molecular weight is 309 g/mol. The van der Waals surface area contributed by atoms with Gasteiger partial charge in [-0.1, -0.05) is 6.07 Å². The predicted molar refractivity (Wildman–Crippen MR) is 60.4 cm³/mol. The number of carbonyl (C=O) groups is 1. The largest absolute Gasteiger partial charge is 0.462 e. The molecule has 17 heavy (non-hydrogen) atoms. The Hall–Kier alpha value is -1.08. The van der Waals surface area contributed by atoms with E-state index in [1.54, 1.807) is 6.07 Å². The van der Waals surface area contributed by atoms with E-state index in [0.29, 0.717) is 4.60 Å². The van der Waals surface area contributed by atoms with Crippen molar-refractivity contribution in [3.63, 3.8) is 0 Å². The summed E-state index contributed by atoms with van der Waals surface area (Å²) in [5, 5.41) is 0.